The van der Waals surface area contributed by atoms with Crippen molar-refractivity contribution in [2.24, 2.45) is 5.73 Å². The Morgan fingerprint density at radius 1 is 1.25 bits per heavy atom. The highest BCUT2D eigenvalue weighted by atomic mass is 16.6. The molecule has 0 aromatic carbocycles. The molecule has 20 heavy (non-hydrogen) atoms. The molecule has 0 aromatic heterocycles. The zero-order valence-corrected chi connectivity index (χ0v) is 13.3. The van der Waals surface area contributed by atoms with Crippen LogP contribution in [0.15, 0.2) is 0 Å². The van der Waals surface area contributed by atoms with Crippen LogP contribution < -0.4 is 11.1 Å². The van der Waals surface area contributed by atoms with Crippen molar-refractivity contribution in [3.63, 3.8) is 0 Å². The molecule has 118 valence electrons. The molecular weight excluding hydrogens is 254 g/mol. The number of hydrogen-bond acceptors (Lipinski definition) is 4. The average molecular weight is 285 g/mol. The molecule has 3 N–H and O–H groups in total. The number of nitrogens with two attached hydrogens (primary N) is 1. The second-order valence-corrected chi connectivity index (χ2v) is 6.56. The van der Waals surface area contributed by atoms with E-state index in [1.54, 1.807) is 0 Å². The molecule has 1 heterocycles. The van der Waals surface area contributed by atoms with Crippen molar-refractivity contribution in [1.29, 1.82) is 0 Å². The lowest BCUT2D eigenvalue weighted by atomic mass is 10.1. The van der Waals surface area contributed by atoms with E-state index in [1.807, 2.05) is 20.8 Å². The minimum atomic E-state index is -0.442. The number of nitrogens with zero attached hydrogens (tertiary/aromatic N) is 1. The van der Waals surface area contributed by atoms with Crippen molar-refractivity contribution in [3.8, 4) is 0 Å². The number of hydrogen-bond donors (Lipinski definition) is 2. The summed E-state index contributed by atoms with van der Waals surface area (Å²) in [7, 11) is 0. The van der Waals surface area contributed by atoms with Crippen molar-refractivity contribution in [2.45, 2.75) is 64.5 Å². The SMILES string of the molecule is CC(C)(C)OC(=O)NCCC(CN)N1CCCCCC1. The molecule has 1 aliphatic heterocycles. The number of rotatable bonds is 5. The number of likely N-dealkylation sites (tertiary alicyclic amines) is 1. The fourth-order valence-electron chi connectivity index (χ4n) is 2.56. The summed E-state index contributed by atoms with van der Waals surface area (Å²) in [5.74, 6) is 0. The van der Waals surface area contributed by atoms with E-state index >= 15 is 0 Å². The van der Waals surface area contributed by atoms with Crippen LogP contribution >= 0.6 is 0 Å². The van der Waals surface area contributed by atoms with Gasteiger partial charge in [0.2, 0.25) is 0 Å². The van der Waals surface area contributed by atoms with E-state index < -0.39 is 5.60 Å². The van der Waals surface area contributed by atoms with Crippen LogP contribution in [0, 0.1) is 0 Å². The van der Waals surface area contributed by atoms with Gasteiger partial charge in [-0.05, 0) is 53.1 Å². The summed E-state index contributed by atoms with van der Waals surface area (Å²) in [4.78, 5) is 14.1. The minimum Gasteiger partial charge on any atom is -0.444 e. The molecule has 0 aromatic rings. The van der Waals surface area contributed by atoms with Gasteiger partial charge in [-0.2, -0.15) is 0 Å². The molecule has 0 radical (unpaired) electrons. The Hall–Kier alpha value is -0.810. The standard InChI is InChI=1S/C15H31N3O2/c1-15(2,3)20-14(19)17-9-8-13(12-16)18-10-6-4-5-7-11-18/h13H,4-12,16H2,1-3H3,(H,17,19). The normalized spacial score (nSPS) is 19.2. The largest absolute Gasteiger partial charge is 0.444 e. The molecule has 1 aliphatic rings. The molecule has 1 saturated heterocycles. The van der Waals surface area contributed by atoms with Crippen LogP contribution in [0.4, 0.5) is 4.79 Å². The molecule has 0 saturated carbocycles. The molecule has 1 unspecified atom stereocenters. The van der Waals surface area contributed by atoms with Gasteiger partial charge < -0.3 is 15.8 Å². The van der Waals surface area contributed by atoms with E-state index in [0.717, 1.165) is 19.5 Å². The first kappa shape index (κ1) is 17.2. The molecule has 0 aliphatic carbocycles. The lowest BCUT2D eigenvalue weighted by Gasteiger charge is -2.29. The van der Waals surface area contributed by atoms with Gasteiger partial charge >= 0.3 is 6.09 Å². The maximum atomic E-state index is 11.6. The molecule has 5 heteroatoms. The summed E-state index contributed by atoms with van der Waals surface area (Å²) in [5, 5.41) is 2.82. The van der Waals surface area contributed by atoms with Crippen molar-refractivity contribution in [3.05, 3.63) is 0 Å². The summed E-state index contributed by atoms with van der Waals surface area (Å²) in [6.45, 7) is 9.14. The highest BCUT2D eigenvalue weighted by molar-refractivity contribution is 5.67. The van der Waals surface area contributed by atoms with E-state index in [2.05, 4.69) is 10.2 Å². The summed E-state index contributed by atoms with van der Waals surface area (Å²) in [5.41, 5.74) is 5.45. The first-order valence-corrected chi connectivity index (χ1v) is 7.83. The van der Waals surface area contributed by atoms with Crippen LogP contribution in [0.1, 0.15) is 52.9 Å². The van der Waals surface area contributed by atoms with E-state index in [1.165, 1.54) is 25.7 Å². The van der Waals surface area contributed by atoms with Crippen molar-refractivity contribution < 1.29 is 9.53 Å². The number of carbonyl (C=O) groups excluding carboxylic acids is 1. The van der Waals surface area contributed by atoms with Crippen LogP contribution in [0.25, 0.3) is 0 Å². The van der Waals surface area contributed by atoms with Gasteiger partial charge in [-0.3, -0.25) is 4.90 Å². The zero-order chi connectivity index (χ0) is 15.0. The Bertz CT molecular complexity index is 281. The molecule has 1 rings (SSSR count). The second-order valence-electron chi connectivity index (χ2n) is 6.56. The van der Waals surface area contributed by atoms with E-state index in [0.29, 0.717) is 19.1 Å². The fraction of sp³-hybridized carbons (Fsp3) is 0.933. The van der Waals surface area contributed by atoms with Gasteiger partial charge in [0, 0.05) is 19.1 Å². The van der Waals surface area contributed by atoms with Gasteiger partial charge in [0.25, 0.3) is 0 Å². The van der Waals surface area contributed by atoms with E-state index in [9.17, 15) is 4.79 Å². The van der Waals surface area contributed by atoms with Gasteiger partial charge in [0.15, 0.2) is 0 Å². The number of nitrogens with one attached hydrogen (secondary N) is 1. The first-order valence-electron chi connectivity index (χ1n) is 7.83. The molecule has 1 fully saturated rings. The van der Waals surface area contributed by atoms with Crippen molar-refractivity contribution in [1.82, 2.24) is 10.2 Å². The molecule has 0 spiro atoms. The third-order valence-corrected chi connectivity index (χ3v) is 3.57. The summed E-state index contributed by atoms with van der Waals surface area (Å²) in [6.07, 6.45) is 5.71. The molecule has 0 bridgehead atoms. The number of alkyl carbamates (subject to hydrolysis) is 1. The predicted octanol–water partition coefficient (Wildman–Crippen LogP) is 2.10. The highest BCUT2D eigenvalue weighted by Gasteiger charge is 2.19. The Kier molecular flexibility index (Phi) is 7.30. The van der Waals surface area contributed by atoms with Gasteiger partial charge in [0.05, 0.1) is 0 Å². The monoisotopic (exact) mass is 285 g/mol. The second kappa shape index (κ2) is 8.47. The summed E-state index contributed by atoms with van der Waals surface area (Å²) < 4.78 is 5.22. The maximum Gasteiger partial charge on any atom is 0.407 e. The highest BCUT2D eigenvalue weighted by Crippen LogP contribution is 2.13. The number of carbonyl (C=O) groups is 1. The third-order valence-electron chi connectivity index (χ3n) is 3.57. The lowest BCUT2D eigenvalue weighted by Crippen LogP contribution is -2.43. The molecule has 1 atom stereocenters. The fourth-order valence-corrected chi connectivity index (χ4v) is 2.56. The number of amides is 1. The Balaban J connectivity index is 2.28. The molecule has 1 amide bonds. The van der Waals surface area contributed by atoms with Crippen LogP contribution in [0.5, 0.6) is 0 Å². The average Bonchev–Trinajstić information content (AvgIpc) is 2.61. The zero-order valence-electron chi connectivity index (χ0n) is 13.3. The Morgan fingerprint density at radius 2 is 1.85 bits per heavy atom. The number of ether oxygens (including phenoxy) is 1. The van der Waals surface area contributed by atoms with Gasteiger partial charge in [-0.15, -0.1) is 0 Å². The van der Waals surface area contributed by atoms with Crippen LogP contribution in [0.3, 0.4) is 0 Å². The van der Waals surface area contributed by atoms with E-state index in [4.69, 9.17) is 10.5 Å². The maximum absolute atomic E-state index is 11.6. The minimum absolute atomic E-state index is 0.343. The van der Waals surface area contributed by atoms with Crippen LogP contribution in [0.2, 0.25) is 0 Å². The third kappa shape index (κ3) is 7.10. The molecular formula is C15H31N3O2. The smallest absolute Gasteiger partial charge is 0.407 e. The summed E-state index contributed by atoms with van der Waals surface area (Å²) >= 11 is 0. The van der Waals surface area contributed by atoms with Gasteiger partial charge in [0.1, 0.15) is 5.60 Å². The first-order chi connectivity index (χ1) is 9.42. The Labute approximate surface area is 123 Å². The quantitative estimate of drug-likeness (QED) is 0.812. The van der Waals surface area contributed by atoms with E-state index in [-0.39, 0.29) is 6.09 Å². The lowest BCUT2D eigenvalue weighted by molar-refractivity contribution is 0.0522. The van der Waals surface area contributed by atoms with Crippen molar-refractivity contribution >= 4 is 6.09 Å². The summed E-state index contributed by atoms with van der Waals surface area (Å²) in [6, 6.07) is 0.364. The van der Waals surface area contributed by atoms with Crippen LogP contribution in [-0.4, -0.2) is 48.8 Å². The topological polar surface area (TPSA) is 67.6 Å². The Morgan fingerprint density at radius 3 is 2.35 bits per heavy atom. The van der Waals surface area contributed by atoms with Crippen molar-refractivity contribution in [2.75, 3.05) is 26.2 Å². The molecule has 5 nitrogen and oxygen atoms in total. The van der Waals surface area contributed by atoms with Crippen LogP contribution in [-0.2, 0) is 4.74 Å². The van der Waals surface area contributed by atoms with Gasteiger partial charge in [-0.1, -0.05) is 12.8 Å². The predicted molar refractivity (Wildman–Crippen MR) is 81.7 cm³/mol. The van der Waals surface area contributed by atoms with Gasteiger partial charge in [-0.25, -0.2) is 4.79 Å².